The Kier molecular flexibility index (Phi) is 7.47. The zero-order valence-electron chi connectivity index (χ0n) is 12.7. The molecule has 1 heterocycles. The van der Waals surface area contributed by atoms with Gasteiger partial charge in [0.1, 0.15) is 0 Å². The number of nitrogens with one attached hydrogen (secondary N) is 1. The van der Waals surface area contributed by atoms with Gasteiger partial charge in [-0.05, 0) is 62.1 Å². The van der Waals surface area contributed by atoms with Crippen molar-refractivity contribution in [3.05, 3.63) is 16.4 Å². The Hall–Kier alpha value is -0.660. The van der Waals surface area contributed by atoms with Crippen molar-refractivity contribution in [1.29, 1.82) is 0 Å². The molecule has 0 atom stereocenters. The quantitative estimate of drug-likeness (QED) is 0.593. The molecule has 1 aromatic rings. The van der Waals surface area contributed by atoms with Crippen LogP contribution in [-0.2, 0) is 13.1 Å². The van der Waals surface area contributed by atoms with E-state index in [9.17, 15) is 0 Å². The molecule has 0 unspecified atom stereocenters. The van der Waals surface area contributed by atoms with Gasteiger partial charge < -0.3 is 15.1 Å². The second kappa shape index (κ2) is 8.59. The molecule has 0 aliphatic heterocycles. The Morgan fingerprint density at radius 1 is 1.45 bits per heavy atom. The number of nitrogens with zero attached hydrogens (tertiary/aromatic N) is 4. The fraction of sp³-hybridized carbons (Fsp3) is 0.692. The predicted octanol–water partition coefficient (Wildman–Crippen LogP) is 1.92. The predicted molar refractivity (Wildman–Crippen MR) is 90.8 cm³/mol. The maximum atomic E-state index is 5.38. The van der Waals surface area contributed by atoms with Crippen LogP contribution in [0.5, 0.6) is 0 Å². The van der Waals surface area contributed by atoms with Crippen LogP contribution in [0.4, 0.5) is 0 Å². The molecule has 0 bridgehead atoms. The Morgan fingerprint density at radius 2 is 2.15 bits per heavy atom. The van der Waals surface area contributed by atoms with E-state index in [0.29, 0.717) is 6.54 Å². The molecule has 0 radical (unpaired) electrons. The Morgan fingerprint density at radius 3 is 2.70 bits per heavy atom. The molecule has 0 amide bonds. The van der Waals surface area contributed by atoms with E-state index in [-0.39, 0.29) is 0 Å². The number of thiocarbonyl (C=S) groups is 1. The zero-order chi connectivity index (χ0) is 15.1. The van der Waals surface area contributed by atoms with Gasteiger partial charge in [-0.25, -0.2) is 0 Å². The molecule has 114 valence electrons. The minimum absolute atomic E-state index is 0.701. The highest BCUT2D eigenvalue weighted by atomic mass is 79.9. The molecule has 0 spiro atoms. The third kappa shape index (κ3) is 5.76. The lowest BCUT2D eigenvalue weighted by Gasteiger charge is -2.20. The van der Waals surface area contributed by atoms with Crippen LogP contribution >= 0.6 is 28.1 Å². The highest BCUT2D eigenvalue weighted by Crippen LogP contribution is 2.16. The Bertz CT molecular complexity index is 432. The number of rotatable bonds is 7. The maximum Gasteiger partial charge on any atom is 0.169 e. The lowest BCUT2D eigenvalue weighted by Crippen LogP contribution is -2.37. The average molecular weight is 362 g/mol. The van der Waals surface area contributed by atoms with Crippen molar-refractivity contribution in [3.63, 3.8) is 0 Å². The first-order valence-electron chi connectivity index (χ1n) is 6.79. The van der Waals surface area contributed by atoms with Crippen molar-refractivity contribution >= 4 is 33.3 Å². The minimum atomic E-state index is 0.701. The van der Waals surface area contributed by atoms with Gasteiger partial charge in [0.25, 0.3) is 0 Å². The number of aryl methyl sites for hydroxylation is 1. The van der Waals surface area contributed by atoms with Gasteiger partial charge in [0.05, 0.1) is 16.7 Å². The summed E-state index contributed by atoms with van der Waals surface area (Å²) in [6.07, 6.45) is 3.08. The lowest BCUT2D eigenvalue weighted by molar-refractivity contribution is 0.397. The molecule has 5 nitrogen and oxygen atoms in total. The van der Waals surface area contributed by atoms with E-state index in [2.05, 4.69) is 52.3 Å². The first-order chi connectivity index (χ1) is 9.43. The van der Waals surface area contributed by atoms with Crippen LogP contribution in [0.3, 0.4) is 0 Å². The molecule has 7 heteroatoms. The first-order valence-corrected chi connectivity index (χ1v) is 7.99. The number of halogens is 1. The highest BCUT2D eigenvalue weighted by molar-refractivity contribution is 9.10. The van der Waals surface area contributed by atoms with Gasteiger partial charge in [0.2, 0.25) is 0 Å². The van der Waals surface area contributed by atoms with Crippen LogP contribution in [0.2, 0.25) is 0 Å². The average Bonchev–Trinajstić information content (AvgIpc) is 2.75. The van der Waals surface area contributed by atoms with Gasteiger partial charge in [0.15, 0.2) is 5.11 Å². The normalized spacial score (nSPS) is 10.9. The van der Waals surface area contributed by atoms with Crippen LogP contribution in [0.15, 0.2) is 10.7 Å². The summed E-state index contributed by atoms with van der Waals surface area (Å²) in [5.41, 5.74) is 1.01. The summed E-state index contributed by atoms with van der Waals surface area (Å²) in [6, 6.07) is 0. The Labute approximate surface area is 135 Å². The molecule has 1 N–H and O–H groups in total. The summed E-state index contributed by atoms with van der Waals surface area (Å²) in [5, 5.41) is 8.55. The molecular formula is C13H24BrN5S. The van der Waals surface area contributed by atoms with E-state index in [4.69, 9.17) is 12.2 Å². The molecule has 1 rings (SSSR count). The SMILES string of the molecule is CCn1cc(Br)c(CN(C)C(=S)NCCCN(C)C)n1. The van der Waals surface area contributed by atoms with Gasteiger partial charge in [-0.2, -0.15) is 5.10 Å². The molecule has 20 heavy (non-hydrogen) atoms. The molecule has 0 aliphatic rings. The molecule has 1 aromatic heterocycles. The smallest absolute Gasteiger partial charge is 0.169 e. The van der Waals surface area contributed by atoms with Crippen molar-refractivity contribution < 1.29 is 0 Å². The fourth-order valence-electron chi connectivity index (χ4n) is 1.73. The summed E-state index contributed by atoms with van der Waals surface area (Å²) in [5.74, 6) is 0. The zero-order valence-corrected chi connectivity index (χ0v) is 15.1. The van der Waals surface area contributed by atoms with Crippen LogP contribution in [0, 0.1) is 0 Å². The van der Waals surface area contributed by atoms with E-state index < -0.39 is 0 Å². The van der Waals surface area contributed by atoms with Crippen LogP contribution in [0.1, 0.15) is 19.0 Å². The van der Waals surface area contributed by atoms with Crippen LogP contribution < -0.4 is 5.32 Å². The van der Waals surface area contributed by atoms with E-state index in [1.165, 1.54) is 0 Å². The molecule has 0 saturated carbocycles. The number of aromatic nitrogens is 2. The Balaban J connectivity index is 2.39. The van der Waals surface area contributed by atoms with Crippen molar-refractivity contribution in [2.75, 3.05) is 34.2 Å². The molecule has 0 aliphatic carbocycles. The standard InChI is InChI=1S/C13H24BrN5S/c1-5-19-9-11(14)12(16-19)10-18(4)13(20)15-7-6-8-17(2)3/h9H,5-8,10H2,1-4H3,(H,15,20). The summed E-state index contributed by atoms with van der Waals surface area (Å²) < 4.78 is 2.95. The van der Waals surface area contributed by atoms with Gasteiger partial charge in [-0.15, -0.1) is 0 Å². The van der Waals surface area contributed by atoms with Crippen molar-refractivity contribution in [2.45, 2.75) is 26.4 Å². The van der Waals surface area contributed by atoms with Gasteiger partial charge in [0, 0.05) is 26.3 Å². The lowest BCUT2D eigenvalue weighted by atomic mass is 10.4. The fourth-order valence-corrected chi connectivity index (χ4v) is 2.34. The van der Waals surface area contributed by atoms with Crippen molar-refractivity contribution in [1.82, 2.24) is 24.9 Å². The number of hydrogen-bond donors (Lipinski definition) is 1. The van der Waals surface area contributed by atoms with Crippen LogP contribution in [0.25, 0.3) is 0 Å². The van der Waals surface area contributed by atoms with Gasteiger partial charge >= 0.3 is 0 Å². The summed E-state index contributed by atoms with van der Waals surface area (Å²) in [4.78, 5) is 4.18. The van der Waals surface area contributed by atoms with Crippen molar-refractivity contribution in [2.24, 2.45) is 0 Å². The maximum absolute atomic E-state index is 5.38. The van der Waals surface area contributed by atoms with Crippen LogP contribution in [-0.4, -0.2) is 58.9 Å². The second-order valence-corrected chi connectivity index (χ2v) is 6.27. The molecule has 0 aromatic carbocycles. The topological polar surface area (TPSA) is 36.3 Å². The third-order valence-electron chi connectivity index (χ3n) is 2.90. The number of hydrogen-bond acceptors (Lipinski definition) is 3. The van der Waals surface area contributed by atoms with E-state index >= 15 is 0 Å². The van der Waals surface area contributed by atoms with Gasteiger partial charge in [-0.3, -0.25) is 4.68 Å². The largest absolute Gasteiger partial charge is 0.363 e. The molecular weight excluding hydrogens is 338 g/mol. The van der Waals surface area contributed by atoms with Gasteiger partial charge in [-0.1, -0.05) is 0 Å². The highest BCUT2D eigenvalue weighted by Gasteiger charge is 2.11. The summed E-state index contributed by atoms with van der Waals surface area (Å²) in [6.45, 7) is 5.60. The molecule has 0 saturated heterocycles. The molecule has 0 fully saturated rings. The monoisotopic (exact) mass is 361 g/mol. The van der Waals surface area contributed by atoms with E-state index in [0.717, 1.165) is 41.3 Å². The summed E-state index contributed by atoms with van der Waals surface area (Å²) in [7, 11) is 6.14. The second-order valence-electron chi connectivity index (χ2n) is 5.02. The van der Waals surface area contributed by atoms with E-state index in [1.807, 2.05) is 22.8 Å². The third-order valence-corrected chi connectivity index (χ3v) is 4.02. The minimum Gasteiger partial charge on any atom is -0.363 e. The van der Waals surface area contributed by atoms with Crippen molar-refractivity contribution in [3.8, 4) is 0 Å². The first kappa shape index (κ1) is 17.4. The van der Waals surface area contributed by atoms with E-state index in [1.54, 1.807) is 0 Å². The summed E-state index contributed by atoms with van der Waals surface area (Å²) >= 11 is 8.92.